The molecule has 0 spiro atoms. The number of benzene rings is 1. The Kier molecular flexibility index (Phi) is 2.26. The van der Waals surface area contributed by atoms with Crippen molar-refractivity contribution in [2.24, 2.45) is 0 Å². The molecule has 1 aliphatic rings. The summed E-state index contributed by atoms with van der Waals surface area (Å²) >= 11 is 0. The van der Waals surface area contributed by atoms with E-state index in [0.717, 1.165) is 5.69 Å². The van der Waals surface area contributed by atoms with E-state index >= 15 is 0 Å². The van der Waals surface area contributed by atoms with Gasteiger partial charge in [-0.05, 0) is 12.1 Å². The first-order valence-electron chi connectivity index (χ1n) is 5.45. The van der Waals surface area contributed by atoms with Gasteiger partial charge in [0.2, 0.25) is 5.43 Å². The lowest BCUT2D eigenvalue weighted by Gasteiger charge is -2.23. The van der Waals surface area contributed by atoms with E-state index in [1.807, 2.05) is 0 Å². The van der Waals surface area contributed by atoms with E-state index < -0.39 is 5.43 Å². The SMILES string of the molecule is COc1ccc2c(c1)-n1cc(O)c(=O)cc1CO2. The quantitative estimate of drug-likeness (QED) is 0.826. The molecule has 0 saturated carbocycles. The van der Waals surface area contributed by atoms with E-state index in [0.29, 0.717) is 23.8 Å². The molecule has 2 aromatic rings. The molecule has 0 amide bonds. The van der Waals surface area contributed by atoms with Gasteiger partial charge in [-0.25, -0.2) is 0 Å². The van der Waals surface area contributed by atoms with Crippen LogP contribution < -0.4 is 14.9 Å². The fourth-order valence-electron chi connectivity index (χ4n) is 1.99. The lowest BCUT2D eigenvalue weighted by Crippen LogP contribution is -2.18. The highest BCUT2D eigenvalue weighted by molar-refractivity contribution is 5.54. The van der Waals surface area contributed by atoms with E-state index in [4.69, 9.17) is 9.47 Å². The summed E-state index contributed by atoms with van der Waals surface area (Å²) in [6.07, 6.45) is 1.40. The van der Waals surface area contributed by atoms with Gasteiger partial charge in [0.25, 0.3) is 0 Å². The van der Waals surface area contributed by atoms with Crippen molar-refractivity contribution in [3.63, 3.8) is 0 Å². The smallest absolute Gasteiger partial charge is 0.223 e. The lowest BCUT2D eigenvalue weighted by atomic mass is 10.2. The summed E-state index contributed by atoms with van der Waals surface area (Å²) in [7, 11) is 1.58. The fraction of sp³-hybridized carbons (Fsp3) is 0.154. The van der Waals surface area contributed by atoms with Crippen LogP contribution in [0.4, 0.5) is 0 Å². The molecule has 1 aromatic carbocycles. The van der Waals surface area contributed by atoms with Crippen molar-refractivity contribution in [3.05, 3.63) is 46.4 Å². The van der Waals surface area contributed by atoms with Crippen molar-refractivity contribution >= 4 is 0 Å². The average molecular weight is 245 g/mol. The van der Waals surface area contributed by atoms with Crippen molar-refractivity contribution in [3.8, 4) is 22.9 Å². The minimum absolute atomic E-state index is 0.283. The van der Waals surface area contributed by atoms with Crippen molar-refractivity contribution in [1.29, 1.82) is 0 Å². The minimum Gasteiger partial charge on any atom is -0.503 e. The van der Waals surface area contributed by atoms with Crippen LogP contribution in [0.15, 0.2) is 35.3 Å². The maximum Gasteiger partial charge on any atom is 0.223 e. The second-order valence-corrected chi connectivity index (χ2v) is 4.01. The molecule has 0 aliphatic carbocycles. The molecule has 0 saturated heterocycles. The number of aromatic nitrogens is 1. The third kappa shape index (κ3) is 1.52. The van der Waals surface area contributed by atoms with Crippen LogP contribution in [-0.4, -0.2) is 16.8 Å². The molecule has 18 heavy (non-hydrogen) atoms. The summed E-state index contributed by atoms with van der Waals surface area (Å²) in [5, 5.41) is 9.52. The second kappa shape index (κ2) is 3.80. The van der Waals surface area contributed by atoms with Gasteiger partial charge < -0.3 is 19.1 Å². The number of rotatable bonds is 1. The van der Waals surface area contributed by atoms with E-state index in [9.17, 15) is 9.90 Å². The Morgan fingerprint density at radius 1 is 1.39 bits per heavy atom. The summed E-state index contributed by atoms with van der Waals surface area (Å²) in [6, 6.07) is 6.76. The average Bonchev–Trinajstić information content (AvgIpc) is 2.39. The van der Waals surface area contributed by atoms with E-state index in [1.165, 1.54) is 12.3 Å². The summed E-state index contributed by atoms with van der Waals surface area (Å²) in [5.41, 5.74) is 1.03. The summed E-state index contributed by atoms with van der Waals surface area (Å²) < 4.78 is 12.4. The lowest BCUT2D eigenvalue weighted by molar-refractivity contribution is 0.281. The van der Waals surface area contributed by atoms with Gasteiger partial charge in [-0.3, -0.25) is 4.79 Å². The van der Waals surface area contributed by atoms with Crippen molar-refractivity contribution in [1.82, 2.24) is 4.57 Å². The number of fused-ring (bicyclic) bond motifs is 3. The standard InChI is InChI=1S/C13H11NO4/c1-17-9-2-3-13-10(5-9)14-6-12(16)11(15)4-8(14)7-18-13/h2-6,16H,7H2,1H3. The summed E-state index contributed by atoms with van der Waals surface area (Å²) in [4.78, 5) is 11.4. The van der Waals surface area contributed by atoms with Crippen LogP contribution in [0.25, 0.3) is 5.69 Å². The molecule has 0 atom stereocenters. The molecule has 5 heteroatoms. The van der Waals surface area contributed by atoms with Gasteiger partial charge in [0.15, 0.2) is 5.75 Å². The Morgan fingerprint density at radius 2 is 2.22 bits per heavy atom. The van der Waals surface area contributed by atoms with Gasteiger partial charge in [-0.2, -0.15) is 0 Å². The molecule has 0 bridgehead atoms. The van der Waals surface area contributed by atoms with Gasteiger partial charge in [-0.1, -0.05) is 0 Å². The zero-order valence-corrected chi connectivity index (χ0v) is 9.71. The fourth-order valence-corrected chi connectivity index (χ4v) is 1.99. The van der Waals surface area contributed by atoms with Crippen LogP contribution in [0.3, 0.4) is 0 Å². The molecule has 2 heterocycles. The van der Waals surface area contributed by atoms with E-state index in [1.54, 1.807) is 29.9 Å². The number of hydrogen-bond acceptors (Lipinski definition) is 4. The highest BCUT2D eigenvalue weighted by Gasteiger charge is 2.18. The Labute approximate surface area is 103 Å². The molecule has 92 valence electrons. The van der Waals surface area contributed by atoms with Crippen molar-refractivity contribution in [2.75, 3.05) is 7.11 Å². The number of methoxy groups -OCH3 is 1. The molecule has 5 nitrogen and oxygen atoms in total. The maximum absolute atomic E-state index is 11.4. The van der Waals surface area contributed by atoms with Gasteiger partial charge >= 0.3 is 0 Å². The number of nitrogens with zero attached hydrogens (tertiary/aromatic N) is 1. The largest absolute Gasteiger partial charge is 0.503 e. The van der Waals surface area contributed by atoms with Gasteiger partial charge in [0.1, 0.15) is 18.1 Å². The minimum atomic E-state index is -0.406. The van der Waals surface area contributed by atoms with Crippen molar-refractivity contribution < 1.29 is 14.6 Å². The van der Waals surface area contributed by atoms with Crippen LogP contribution in [0.1, 0.15) is 5.69 Å². The van der Waals surface area contributed by atoms with Crippen LogP contribution in [0.5, 0.6) is 17.2 Å². The first kappa shape index (κ1) is 10.7. The topological polar surface area (TPSA) is 60.7 Å². The zero-order valence-electron chi connectivity index (χ0n) is 9.71. The van der Waals surface area contributed by atoms with Gasteiger partial charge in [0, 0.05) is 12.1 Å². The Hall–Kier alpha value is -2.43. The maximum atomic E-state index is 11.4. The number of ether oxygens (including phenoxy) is 2. The predicted molar refractivity (Wildman–Crippen MR) is 64.6 cm³/mol. The van der Waals surface area contributed by atoms with Gasteiger partial charge in [-0.15, -0.1) is 0 Å². The molecule has 1 aliphatic heterocycles. The third-order valence-electron chi connectivity index (χ3n) is 2.91. The zero-order chi connectivity index (χ0) is 12.7. The predicted octanol–water partition coefficient (Wildman–Crippen LogP) is 1.44. The summed E-state index contributed by atoms with van der Waals surface area (Å²) in [6.45, 7) is 0.300. The third-order valence-corrected chi connectivity index (χ3v) is 2.91. The molecular formula is C13H11NO4. The molecule has 3 rings (SSSR count). The Bertz CT molecular complexity index is 675. The van der Waals surface area contributed by atoms with E-state index in [2.05, 4.69) is 0 Å². The van der Waals surface area contributed by atoms with Gasteiger partial charge in [0.05, 0.1) is 24.7 Å². The molecule has 1 aromatic heterocycles. The molecule has 0 unspecified atom stereocenters. The molecule has 0 fully saturated rings. The number of aromatic hydroxyl groups is 1. The van der Waals surface area contributed by atoms with Crippen LogP contribution >= 0.6 is 0 Å². The van der Waals surface area contributed by atoms with Crippen LogP contribution in [0.2, 0.25) is 0 Å². The Balaban J connectivity index is 2.26. The first-order chi connectivity index (χ1) is 8.69. The highest BCUT2D eigenvalue weighted by atomic mass is 16.5. The van der Waals surface area contributed by atoms with Crippen LogP contribution in [0, 0.1) is 0 Å². The normalized spacial score (nSPS) is 12.3. The molecular weight excluding hydrogens is 234 g/mol. The van der Waals surface area contributed by atoms with Crippen molar-refractivity contribution in [2.45, 2.75) is 6.61 Å². The Morgan fingerprint density at radius 3 is 3.00 bits per heavy atom. The molecule has 0 radical (unpaired) electrons. The molecule has 1 N–H and O–H groups in total. The highest BCUT2D eigenvalue weighted by Crippen LogP contribution is 2.32. The second-order valence-electron chi connectivity index (χ2n) is 4.01. The number of pyridine rings is 1. The van der Waals surface area contributed by atoms with E-state index in [-0.39, 0.29) is 5.75 Å². The summed E-state index contributed by atoms with van der Waals surface area (Å²) in [5.74, 6) is 1.09. The van der Waals surface area contributed by atoms with Crippen LogP contribution in [-0.2, 0) is 6.61 Å². The monoisotopic (exact) mass is 245 g/mol. The first-order valence-corrected chi connectivity index (χ1v) is 5.45. The number of hydrogen-bond donors (Lipinski definition) is 1.